The third-order valence-electron chi connectivity index (χ3n) is 3.50. The van der Waals surface area contributed by atoms with Crippen LogP contribution < -0.4 is 0 Å². The van der Waals surface area contributed by atoms with E-state index in [4.69, 9.17) is 0 Å². The van der Waals surface area contributed by atoms with Gasteiger partial charge in [-0.25, -0.2) is 8.42 Å². The Bertz CT molecular complexity index is 499. The van der Waals surface area contributed by atoms with Crippen molar-refractivity contribution in [2.75, 3.05) is 6.54 Å². The second kappa shape index (κ2) is 8.15. The summed E-state index contributed by atoms with van der Waals surface area (Å²) < 4.78 is 27.1. The van der Waals surface area contributed by atoms with Crippen LogP contribution in [-0.4, -0.2) is 25.3 Å². The zero-order valence-electron chi connectivity index (χ0n) is 12.5. The number of hydrogen-bond donors (Lipinski definition) is 0. The Balaban J connectivity index is 3.07. The molecular weight excluding hydrogens is 338 g/mol. The summed E-state index contributed by atoms with van der Waals surface area (Å²) >= 11 is 3.37. The molecule has 1 aromatic carbocycles. The summed E-state index contributed by atoms with van der Waals surface area (Å²) in [6, 6.07) is 7.15. The van der Waals surface area contributed by atoms with Crippen LogP contribution in [0.25, 0.3) is 0 Å². The standard InChI is InChI=1S/C15H24BrNO2S/c1-4-6-11-17(13(3)5-2)20(18,19)15-9-7-14(12-16)8-10-15/h7-10,13H,4-6,11-12H2,1-3H3. The van der Waals surface area contributed by atoms with Gasteiger partial charge in [-0.2, -0.15) is 4.31 Å². The van der Waals surface area contributed by atoms with Gasteiger partial charge in [0.2, 0.25) is 10.0 Å². The minimum absolute atomic E-state index is 0.0300. The number of halogens is 1. The molecule has 0 spiro atoms. The number of alkyl halides is 1. The number of sulfonamides is 1. The lowest BCUT2D eigenvalue weighted by Crippen LogP contribution is -2.39. The molecular formula is C15H24BrNO2S. The van der Waals surface area contributed by atoms with Gasteiger partial charge >= 0.3 is 0 Å². The van der Waals surface area contributed by atoms with E-state index in [-0.39, 0.29) is 6.04 Å². The van der Waals surface area contributed by atoms with Crippen LogP contribution in [0.3, 0.4) is 0 Å². The number of hydrogen-bond acceptors (Lipinski definition) is 2. The van der Waals surface area contributed by atoms with E-state index in [0.29, 0.717) is 11.4 Å². The van der Waals surface area contributed by atoms with Gasteiger partial charge in [-0.3, -0.25) is 0 Å². The first-order valence-corrected chi connectivity index (χ1v) is 9.70. The van der Waals surface area contributed by atoms with Gasteiger partial charge in [0.1, 0.15) is 0 Å². The van der Waals surface area contributed by atoms with Crippen LogP contribution in [0.5, 0.6) is 0 Å². The predicted octanol–water partition coefficient (Wildman–Crippen LogP) is 4.17. The van der Waals surface area contributed by atoms with Crippen LogP contribution in [-0.2, 0) is 15.4 Å². The fraction of sp³-hybridized carbons (Fsp3) is 0.600. The van der Waals surface area contributed by atoms with Gasteiger partial charge in [0.15, 0.2) is 0 Å². The van der Waals surface area contributed by atoms with Crippen molar-refractivity contribution in [3.8, 4) is 0 Å². The quantitative estimate of drug-likeness (QED) is 0.651. The monoisotopic (exact) mass is 361 g/mol. The molecule has 0 heterocycles. The summed E-state index contributed by atoms with van der Waals surface area (Å²) in [4.78, 5) is 0.388. The van der Waals surface area contributed by atoms with Gasteiger partial charge in [0.05, 0.1) is 4.90 Å². The molecule has 1 rings (SSSR count). The first-order chi connectivity index (χ1) is 9.47. The first kappa shape index (κ1) is 17.7. The Kier molecular flexibility index (Phi) is 7.20. The molecule has 0 amide bonds. The van der Waals surface area contributed by atoms with Crippen molar-refractivity contribution in [3.05, 3.63) is 29.8 Å². The van der Waals surface area contributed by atoms with Crippen LogP contribution in [0.15, 0.2) is 29.2 Å². The van der Waals surface area contributed by atoms with Crippen molar-refractivity contribution in [1.82, 2.24) is 4.31 Å². The molecule has 0 aliphatic heterocycles. The summed E-state index contributed by atoms with van der Waals surface area (Å²) in [5, 5.41) is 0.734. The summed E-state index contributed by atoms with van der Waals surface area (Å²) in [5.74, 6) is 0. The lowest BCUT2D eigenvalue weighted by Gasteiger charge is -2.27. The van der Waals surface area contributed by atoms with E-state index in [1.54, 1.807) is 16.4 Å². The highest BCUT2D eigenvalue weighted by Gasteiger charge is 2.27. The fourth-order valence-corrected chi connectivity index (χ4v) is 4.10. The van der Waals surface area contributed by atoms with Crippen LogP contribution >= 0.6 is 15.9 Å². The van der Waals surface area contributed by atoms with Crippen molar-refractivity contribution < 1.29 is 8.42 Å². The lowest BCUT2D eigenvalue weighted by molar-refractivity contribution is 0.324. The van der Waals surface area contributed by atoms with Crippen molar-refractivity contribution in [2.45, 2.75) is 56.3 Å². The average molecular weight is 362 g/mol. The van der Waals surface area contributed by atoms with Gasteiger partial charge in [-0.05, 0) is 37.5 Å². The number of unbranched alkanes of at least 4 members (excludes halogenated alkanes) is 1. The van der Waals surface area contributed by atoms with Crippen molar-refractivity contribution in [3.63, 3.8) is 0 Å². The van der Waals surface area contributed by atoms with E-state index in [1.165, 1.54) is 0 Å². The van der Waals surface area contributed by atoms with E-state index >= 15 is 0 Å². The number of nitrogens with zero attached hydrogens (tertiary/aromatic N) is 1. The highest BCUT2D eigenvalue weighted by atomic mass is 79.9. The Morgan fingerprint density at radius 2 is 1.80 bits per heavy atom. The normalized spacial score (nSPS) is 13.7. The zero-order valence-corrected chi connectivity index (χ0v) is 14.9. The molecule has 0 aliphatic carbocycles. The highest BCUT2D eigenvalue weighted by Crippen LogP contribution is 2.21. The van der Waals surface area contributed by atoms with E-state index in [9.17, 15) is 8.42 Å². The van der Waals surface area contributed by atoms with Gasteiger partial charge in [-0.1, -0.05) is 48.3 Å². The Labute approximate surface area is 131 Å². The molecule has 1 unspecified atom stereocenters. The molecule has 3 nitrogen and oxygen atoms in total. The van der Waals surface area contributed by atoms with Crippen molar-refractivity contribution in [1.29, 1.82) is 0 Å². The molecule has 114 valence electrons. The van der Waals surface area contributed by atoms with Crippen LogP contribution in [0.2, 0.25) is 0 Å². The number of rotatable bonds is 8. The van der Waals surface area contributed by atoms with Gasteiger partial charge in [0, 0.05) is 17.9 Å². The topological polar surface area (TPSA) is 37.4 Å². The summed E-state index contributed by atoms with van der Waals surface area (Å²) in [6.07, 6.45) is 2.70. The maximum atomic E-state index is 12.8. The minimum Gasteiger partial charge on any atom is -0.207 e. The zero-order chi connectivity index (χ0) is 15.2. The molecule has 0 radical (unpaired) electrons. The third-order valence-corrected chi connectivity index (χ3v) is 6.17. The minimum atomic E-state index is -3.39. The molecule has 0 saturated carbocycles. The largest absolute Gasteiger partial charge is 0.243 e. The van der Waals surface area contributed by atoms with Crippen LogP contribution in [0, 0.1) is 0 Å². The molecule has 0 saturated heterocycles. The Morgan fingerprint density at radius 3 is 2.25 bits per heavy atom. The Hall–Kier alpha value is -0.390. The molecule has 5 heteroatoms. The summed E-state index contributed by atoms with van der Waals surface area (Å²) in [5.41, 5.74) is 1.08. The summed E-state index contributed by atoms with van der Waals surface area (Å²) in [6.45, 7) is 6.66. The van der Waals surface area contributed by atoms with E-state index in [2.05, 4.69) is 22.9 Å². The fourth-order valence-electron chi connectivity index (χ4n) is 1.98. The molecule has 0 aliphatic rings. The average Bonchev–Trinajstić information content (AvgIpc) is 2.47. The molecule has 0 bridgehead atoms. The van der Waals surface area contributed by atoms with Gasteiger partial charge in [-0.15, -0.1) is 0 Å². The lowest BCUT2D eigenvalue weighted by atomic mass is 10.2. The molecule has 1 aromatic rings. The second-order valence-corrected chi connectivity index (χ2v) is 7.46. The van der Waals surface area contributed by atoms with Crippen LogP contribution in [0.1, 0.15) is 45.6 Å². The van der Waals surface area contributed by atoms with E-state index in [1.807, 2.05) is 26.0 Å². The highest BCUT2D eigenvalue weighted by molar-refractivity contribution is 9.08. The first-order valence-electron chi connectivity index (χ1n) is 7.14. The number of benzene rings is 1. The molecule has 20 heavy (non-hydrogen) atoms. The van der Waals surface area contributed by atoms with Crippen molar-refractivity contribution >= 4 is 26.0 Å². The predicted molar refractivity (Wildman–Crippen MR) is 87.6 cm³/mol. The summed E-state index contributed by atoms with van der Waals surface area (Å²) in [7, 11) is -3.39. The maximum Gasteiger partial charge on any atom is 0.243 e. The maximum absolute atomic E-state index is 12.8. The third kappa shape index (κ3) is 4.30. The molecule has 1 atom stereocenters. The molecule has 0 fully saturated rings. The van der Waals surface area contributed by atoms with E-state index < -0.39 is 10.0 Å². The van der Waals surface area contributed by atoms with E-state index in [0.717, 1.165) is 30.2 Å². The SMILES string of the molecule is CCCCN(C(C)CC)S(=O)(=O)c1ccc(CBr)cc1. The molecule has 0 N–H and O–H groups in total. The molecule has 0 aromatic heterocycles. The Morgan fingerprint density at radius 1 is 1.20 bits per heavy atom. The van der Waals surface area contributed by atoms with Crippen molar-refractivity contribution in [2.24, 2.45) is 0 Å². The van der Waals surface area contributed by atoms with Crippen LogP contribution in [0.4, 0.5) is 0 Å². The second-order valence-electron chi connectivity index (χ2n) is 5.00. The van der Waals surface area contributed by atoms with Gasteiger partial charge < -0.3 is 0 Å². The van der Waals surface area contributed by atoms with Gasteiger partial charge in [0.25, 0.3) is 0 Å². The smallest absolute Gasteiger partial charge is 0.207 e.